The number of aryl methyl sites for hydroxylation is 2. The quantitative estimate of drug-likeness (QED) is 0.388. The van der Waals surface area contributed by atoms with Gasteiger partial charge in [-0.25, -0.2) is 0 Å². The van der Waals surface area contributed by atoms with Gasteiger partial charge in [-0.15, -0.1) is 0 Å². The zero-order chi connectivity index (χ0) is 21.8. The number of benzene rings is 4. The molecule has 0 spiro atoms. The van der Waals surface area contributed by atoms with Gasteiger partial charge in [-0.2, -0.15) is 0 Å². The molecule has 0 saturated heterocycles. The molecule has 0 bridgehead atoms. The average molecular weight is 405 g/mol. The van der Waals surface area contributed by atoms with E-state index in [4.69, 9.17) is 0 Å². The zero-order valence-electron chi connectivity index (χ0n) is 17.6. The minimum Gasteiger partial charge on any atom is -0.321 e. The summed E-state index contributed by atoms with van der Waals surface area (Å²) < 4.78 is 0. The molecule has 0 unspecified atom stereocenters. The lowest BCUT2D eigenvalue weighted by molar-refractivity contribution is 0.102. The maximum Gasteiger partial charge on any atom is 0.256 e. The van der Waals surface area contributed by atoms with Gasteiger partial charge in [0.1, 0.15) is 0 Å². The number of para-hydroxylation sites is 1. The summed E-state index contributed by atoms with van der Waals surface area (Å²) in [6.45, 7) is 4.04. The fourth-order valence-corrected chi connectivity index (χ4v) is 3.55. The Bertz CT molecular complexity index is 1240. The van der Waals surface area contributed by atoms with Crippen molar-refractivity contribution in [2.24, 2.45) is 0 Å². The number of hydrogen-bond acceptors (Lipinski definition) is 2. The number of nitrogens with one attached hydrogen (secondary N) is 1. The first-order valence-electron chi connectivity index (χ1n) is 10.2. The lowest BCUT2D eigenvalue weighted by Gasteiger charge is -2.14. The largest absolute Gasteiger partial charge is 0.321 e. The molecule has 0 atom stereocenters. The monoisotopic (exact) mass is 405 g/mol. The van der Waals surface area contributed by atoms with Crippen molar-refractivity contribution < 1.29 is 9.59 Å². The van der Waals surface area contributed by atoms with Crippen LogP contribution in [0.2, 0.25) is 0 Å². The molecule has 3 heteroatoms. The maximum atomic E-state index is 13.3. The normalized spacial score (nSPS) is 10.5. The summed E-state index contributed by atoms with van der Waals surface area (Å²) in [5, 5.41) is 2.96. The van der Waals surface area contributed by atoms with Crippen LogP contribution in [-0.2, 0) is 0 Å². The van der Waals surface area contributed by atoms with Crippen LogP contribution in [0.3, 0.4) is 0 Å². The molecular formula is C28H23NO2. The molecule has 1 amide bonds. The van der Waals surface area contributed by atoms with Crippen LogP contribution >= 0.6 is 0 Å². The predicted octanol–water partition coefficient (Wildman–Crippen LogP) is 6.45. The fourth-order valence-electron chi connectivity index (χ4n) is 3.55. The molecular weight excluding hydrogens is 382 g/mol. The van der Waals surface area contributed by atoms with Gasteiger partial charge in [0.25, 0.3) is 5.91 Å². The van der Waals surface area contributed by atoms with Crippen LogP contribution in [0.5, 0.6) is 0 Å². The molecule has 3 nitrogen and oxygen atoms in total. The van der Waals surface area contributed by atoms with Gasteiger partial charge in [-0.05, 0) is 43.2 Å². The topological polar surface area (TPSA) is 46.2 Å². The average Bonchev–Trinajstić information content (AvgIpc) is 2.80. The first-order chi connectivity index (χ1) is 15.0. The number of carbonyl (C=O) groups excluding carboxylic acids is 2. The third-order valence-electron chi connectivity index (χ3n) is 5.24. The van der Waals surface area contributed by atoms with Gasteiger partial charge >= 0.3 is 0 Å². The Kier molecular flexibility index (Phi) is 5.76. The molecule has 0 fully saturated rings. The third kappa shape index (κ3) is 4.46. The van der Waals surface area contributed by atoms with E-state index >= 15 is 0 Å². The molecule has 1 N–H and O–H groups in total. The van der Waals surface area contributed by atoms with Crippen molar-refractivity contribution in [1.82, 2.24) is 0 Å². The van der Waals surface area contributed by atoms with Crippen LogP contribution in [0.1, 0.15) is 37.4 Å². The van der Waals surface area contributed by atoms with Crippen LogP contribution in [-0.4, -0.2) is 11.7 Å². The number of rotatable bonds is 5. The van der Waals surface area contributed by atoms with E-state index in [2.05, 4.69) is 5.32 Å². The molecule has 0 aromatic heterocycles. The Balaban J connectivity index is 1.69. The highest BCUT2D eigenvalue weighted by atomic mass is 16.2. The SMILES string of the molecule is Cc1ccc(-c2cc(C)ccc2C(=O)Nc2ccccc2C(=O)c2ccccc2)cc1. The van der Waals surface area contributed by atoms with Gasteiger partial charge < -0.3 is 5.32 Å². The van der Waals surface area contributed by atoms with Gasteiger partial charge in [-0.1, -0.05) is 90.0 Å². The molecule has 0 saturated carbocycles. The second-order valence-corrected chi connectivity index (χ2v) is 7.61. The van der Waals surface area contributed by atoms with E-state index in [-0.39, 0.29) is 11.7 Å². The molecule has 4 aromatic carbocycles. The summed E-state index contributed by atoms with van der Waals surface area (Å²) in [6, 6.07) is 30.1. The molecule has 0 aliphatic rings. The van der Waals surface area contributed by atoms with Crippen molar-refractivity contribution in [3.63, 3.8) is 0 Å². The number of anilines is 1. The summed E-state index contributed by atoms with van der Waals surface area (Å²) in [5.41, 5.74) is 6.19. The van der Waals surface area contributed by atoms with Crippen molar-refractivity contribution in [3.05, 3.63) is 125 Å². The van der Waals surface area contributed by atoms with E-state index in [1.54, 1.807) is 30.3 Å². The van der Waals surface area contributed by atoms with Crippen LogP contribution < -0.4 is 5.32 Å². The Morgan fingerprint density at radius 3 is 2.03 bits per heavy atom. The van der Waals surface area contributed by atoms with E-state index in [0.717, 1.165) is 22.3 Å². The highest BCUT2D eigenvalue weighted by molar-refractivity contribution is 6.16. The summed E-state index contributed by atoms with van der Waals surface area (Å²) >= 11 is 0. The van der Waals surface area contributed by atoms with E-state index in [0.29, 0.717) is 22.4 Å². The van der Waals surface area contributed by atoms with Crippen LogP contribution in [0.4, 0.5) is 5.69 Å². The second-order valence-electron chi connectivity index (χ2n) is 7.61. The zero-order valence-corrected chi connectivity index (χ0v) is 17.6. The van der Waals surface area contributed by atoms with Gasteiger partial charge in [0.15, 0.2) is 5.78 Å². The van der Waals surface area contributed by atoms with E-state index in [9.17, 15) is 9.59 Å². The highest BCUT2D eigenvalue weighted by Gasteiger charge is 2.18. The second kappa shape index (κ2) is 8.80. The summed E-state index contributed by atoms with van der Waals surface area (Å²) in [6.07, 6.45) is 0. The minimum absolute atomic E-state index is 0.126. The first kappa shape index (κ1) is 20.3. The Morgan fingerprint density at radius 1 is 0.645 bits per heavy atom. The van der Waals surface area contributed by atoms with Gasteiger partial charge in [0.2, 0.25) is 0 Å². The molecule has 31 heavy (non-hydrogen) atoms. The Hall–Kier alpha value is -3.98. The highest BCUT2D eigenvalue weighted by Crippen LogP contribution is 2.27. The molecule has 4 aromatic rings. The molecule has 0 aliphatic carbocycles. The Morgan fingerprint density at radius 2 is 1.29 bits per heavy atom. The molecule has 4 rings (SSSR count). The van der Waals surface area contributed by atoms with E-state index in [1.165, 1.54) is 0 Å². The lowest BCUT2D eigenvalue weighted by atomic mass is 9.96. The first-order valence-corrected chi connectivity index (χ1v) is 10.2. The number of carbonyl (C=O) groups is 2. The number of hydrogen-bond donors (Lipinski definition) is 1. The molecule has 152 valence electrons. The Labute approximate surface area is 182 Å². The van der Waals surface area contributed by atoms with Crippen molar-refractivity contribution >= 4 is 17.4 Å². The van der Waals surface area contributed by atoms with Gasteiger partial charge in [0, 0.05) is 16.7 Å². The van der Waals surface area contributed by atoms with Crippen LogP contribution in [0.15, 0.2) is 97.1 Å². The maximum absolute atomic E-state index is 13.3. The van der Waals surface area contributed by atoms with Gasteiger partial charge in [0.05, 0.1) is 5.69 Å². The number of ketones is 1. The summed E-state index contributed by atoms with van der Waals surface area (Å²) in [5.74, 6) is -0.372. The molecule has 0 heterocycles. The predicted molar refractivity (Wildman–Crippen MR) is 126 cm³/mol. The van der Waals surface area contributed by atoms with E-state index in [1.807, 2.05) is 80.6 Å². The minimum atomic E-state index is -0.246. The van der Waals surface area contributed by atoms with Crippen LogP contribution in [0.25, 0.3) is 11.1 Å². The smallest absolute Gasteiger partial charge is 0.256 e. The van der Waals surface area contributed by atoms with Crippen molar-refractivity contribution in [1.29, 1.82) is 0 Å². The fraction of sp³-hybridized carbons (Fsp3) is 0.0714. The van der Waals surface area contributed by atoms with Crippen molar-refractivity contribution in [2.45, 2.75) is 13.8 Å². The van der Waals surface area contributed by atoms with Crippen LogP contribution in [0, 0.1) is 13.8 Å². The molecule has 0 aliphatic heterocycles. The third-order valence-corrected chi connectivity index (χ3v) is 5.24. The van der Waals surface area contributed by atoms with E-state index < -0.39 is 0 Å². The molecule has 0 radical (unpaired) electrons. The lowest BCUT2D eigenvalue weighted by Crippen LogP contribution is -2.16. The van der Waals surface area contributed by atoms with Crippen molar-refractivity contribution in [3.8, 4) is 11.1 Å². The number of amides is 1. The van der Waals surface area contributed by atoms with Crippen molar-refractivity contribution in [2.75, 3.05) is 5.32 Å². The summed E-state index contributed by atoms with van der Waals surface area (Å²) in [7, 11) is 0. The summed E-state index contributed by atoms with van der Waals surface area (Å²) in [4.78, 5) is 26.3. The van der Waals surface area contributed by atoms with Gasteiger partial charge in [-0.3, -0.25) is 9.59 Å². The standard InChI is InChI=1S/C28H23NO2/c1-19-12-15-21(16-13-19)25-18-20(2)14-17-23(25)28(31)29-26-11-7-6-10-24(26)27(30)22-8-4-3-5-9-22/h3-18H,1-2H3,(H,29,31).